The Bertz CT molecular complexity index is 866. The topological polar surface area (TPSA) is 152 Å². The highest BCUT2D eigenvalue weighted by Crippen LogP contribution is 2.18. The van der Waals surface area contributed by atoms with E-state index in [9.17, 15) is 13.2 Å². The van der Waals surface area contributed by atoms with Gasteiger partial charge in [-0.15, -0.1) is 4.73 Å². The molecule has 0 atom stereocenters. The standard InChI is InChI=1S/C11H13N5O5S/c1-6-14-8-5-7(10(17)20-15-11(12)13)3-4-9(8)16(6)21-22(2,18)19/h3-5H,1-2H3,(H4,12,13,15). The molecule has 0 bridgehead atoms. The second-order valence-corrected chi connectivity index (χ2v) is 5.89. The molecule has 4 N–H and O–H groups in total. The number of imidazole rings is 1. The Morgan fingerprint density at radius 3 is 2.64 bits per heavy atom. The number of nitrogens with two attached hydrogens (primary N) is 2. The minimum Gasteiger partial charge on any atom is -0.367 e. The van der Waals surface area contributed by atoms with Gasteiger partial charge in [-0.3, -0.25) is 4.28 Å². The number of carbonyl (C=O) groups excluding carboxylic acids is 1. The number of fused-ring (bicyclic) bond motifs is 1. The van der Waals surface area contributed by atoms with E-state index in [2.05, 4.69) is 15.0 Å². The minimum atomic E-state index is -3.72. The number of rotatable bonds is 4. The Morgan fingerprint density at radius 2 is 2.05 bits per heavy atom. The van der Waals surface area contributed by atoms with Gasteiger partial charge < -0.3 is 16.3 Å². The SMILES string of the molecule is Cc1nc2cc(C(=O)ON=C(N)N)ccc2n1OS(C)(=O)=O. The summed E-state index contributed by atoms with van der Waals surface area (Å²) in [6.45, 7) is 1.56. The summed E-state index contributed by atoms with van der Waals surface area (Å²) in [5, 5.41) is 3.15. The van der Waals surface area contributed by atoms with E-state index >= 15 is 0 Å². The number of carbonyl (C=O) groups is 1. The first-order chi connectivity index (χ1) is 10.2. The molecule has 0 aliphatic heterocycles. The van der Waals surface area contributed by atoms with Gasteiger partial charge in [-0.1, -0.05) is 0 Å². The van der Waals surface area contributed by atoms with E-state index < -0.39 is 22.0 Å². The molecular formula is C11H13N5O5S. The Hall–Kier alpha value is -2.82. The van der Waals surface area contributed by atoms with E-state index in [1.165, 1.54) is 18.2 Å². The third kappa shape index (κ3) is 3.44. The molecule has 0 spiro atoms. The zero-order chi connectivity index (χ0) is 16.5. The van der Waals surface area contributed by atoms with Crippen LogP contribution >= 0.6 is 0 Å². The highest BCUT2D eigenvalue weighted by Gasteiger charge is 2.16. The molecule has 1 heterocycles. The van der Waals surface area contributed by atoms with Crippen molar-refractivity contribution < 1.29 is 22.3 Å². The van der Waals surface area contributed by atoms with Crippen LogP contribution in [0.25, 0.3) is 11.0 Å². The summed E-state index contributed by atoms with van der Waals surface area (Å²) in [5.41, 5.74) is 11.0. The van der Waals surface area contributed by atoms with E-state index in [1.54, 1.807) is 6.92 Å². The lowest BCUT2D eigenvalue weighted by molar-refractivity contribution is 0.0515. The molecule has 1 aromatic carbocycles. The van der Waals surface area contributed by atoms with Crippen molar-refractivity contribution in [3.05, 3.63) is 29.6 Å². The molecule has 0 aliphatic carbocycles. The molecule has 2 rings (SSSR count). The van der Waals surface area contributed by atoms with Gasteiger partial charge in [0.05, 0.1) is 17.3 Å². The van der Waals surface area contributed by atoms with Crippen molar-refractivity contribution >= 4 is 33.1 Å². The van der Waals surface area contributed by atoms with Crippen LogP contribution < -0.4 is 15.8 Å². The van der Waals surface area contributed by atoms with Crippen LogP contribution in [0.15, 0.2) is 23.4 Å². The lowest BCUT2D eigenvalue weighted by Crippen LogP contribution is -2.23. The summed E-state index contributed by atoms with van der Waals surface area (Å²) in [7, 11) is -3.72. The molecule has 0 radical (unpaired) electrons. The monoisotopic (exact) mass is 327 g/mol. The molecule has 0 saturated carbocycles. The van der Waals surface area contributed by atoms with Crippen LogP contribution in [-0.2, 0) is 15.0 Å². The third-order valence-corrected chi connectivity index (χ3v) is 2.87. The third-order valence-electron chi connectivity index (χ3n) is 2.45. The average Bonchev–Trinajstić information content (AvgIpc) is 2.70. The van der Waals surface area contributed by atoms with Crippen molar-refractivity contribution in [2.45, 2.75) is 6.92 Å². The lowest BCUT2D eigenvalue weighted by atomic mass is 10.2. The predicted octanol–water partition coefficient (Wildman–Crippen LogP) is -0.922. The van der Waals surface area contributed by atoms with Crippen molar-refractivity contribution in [3.63, 3.8) is 0 Å². The number of nitrogens with zero attached hydrogens (tertiary/aromatic N) is 3. The summed E-state index contributed by atoms with van der Waals surface area (Å²) in [6, 6.07) is 4.26. The Kier molecular flexibility index (Phi) is 3.91. The van der Waals surface area contributed by atoms with E-state index in [0.29, 0.717) is 16.9 Å². The summed E-state index contributed by atoms with van der Waals surface area (Å²) >= 11 is 0. The fourth-order valence-corrected chi connectivity index (χ4v) is 2.14. The van der Waals surface area contributed by atoms with Crippen LogP contribution in [0, 0.1) is 6.92 Å². The first-order valence-corrected chi connectivity index (χ1v) is 7.68. The highest BCUT2D eigenvalue weighted by atomic mass is 32.2. The first-order valence-electron chi connectivity index (χ1n) is 5.87. The normalized spacial score (nSPS) is 11.2. The van der Waals surface area contributed by atoms with Crippen LogP contribution in [0.4, 0.5) is 0 Å². The predicted molar refractivity (Wildman–Crippen MR) is 77.1 cm³/mol. The maximum Gasteiger partial charge on any atom is 0.365 e. The number of benzene rings is 1. The van der Waals surface area contributed by atoms with E-state index in [-0.39, 0.29) is 5.56 Å². The van der Waals surface area contributed by atoms with Crippen molar-refractivity contribution in [2.75, 3.05) is 6.26 Å². The van der Waals surface area contributed by atoms with Gasteiger partial charge >= 0.3 is 16.1 Å². The number of aryl methyl sites for hydroxylation is 1. The zero-order valence-corrected chi connectivity index (χ0v) is 12.5. The molecule has 0 fully saturated rings. The number of oxime groups is 1. The van der Waals surface area contributed by atoms with Gasteiger partial charge in [-0.2, -0.15) is 8.42 Å². The number of hydrogen-bond donors (Lipinski definition) is 2. The molecule has 2 aromatic rings. The van der Waals surface area contributed by atoms with Crippen LogP contribution in [0.5, 0.6) is 0 Å². The molecule has 0 saturated heterocycles. The number of aromatic nitrogens is 2. The Balaban J connectivity index is 2.41. The summed E-state index contributed by atoms with van der Waals surface area (Å²) in [6.07, 6.45) is 0.916. The lowest BCUT2D eigenvalue weighted by Gasteiger charge is -2.05. The molecular weight excluding hydrogens is 314 g/mol. The molecule has 118 valence electrons. The Morgan fingerprint density at radius 1 is 1.36 bits per heavy atom. The van der Waals surface area contributed by atoms with Crippen LogP contribution in [0.3, 0.4) is 0 Å². The average molecular weight is 327 g/mol. The largest absolute Gasteiger partial charge is 0.367 e. The summed E-state index contributed by atoms with van der Waals surface area (Å²) in [4.78, 5) is 20.3. The van der Waals surface area contributed by atoms with Crippen molar-refractivity contribution in [2.24, 2.45) is 16.6 Å². The fourth-order valence-electron chi connectivity index (χ4n) is 1.68. The molecule has 11 heteroatoms. The number of guanidine groups is 1. The van der Waals surface area contributed by atoms with Gasteiger partial charge in [-0.25, -0.2) is 9.78 Å². The fraction of sp³-hybridized carbons (Fsp3) is 0.182. The minimum absolute atomic E-state index is 0.140. The first kappa shape index (κ1) is 15.6. The summed E-state index contributed by atoms with van der Waals surface area (Å²) in [5.74, 6) is -0.877. The summed E-state index contributed by atoms with van der Waals surface area (Å²) < 4.78 is 28.3. The van der Waals surface area contributed by atoms with Crippen LogP contribution in [0.1, 0.15) is 16.2 Å². The van der Waals surface area contributed by atoms with Crippen molar-refractivity contribution in [1.82, 2.24) is 9.71 Å². The smallest absolute Gasteiger partial charge is 0.365 e. The van der Waals surface area contributed by atoms with Gasteiger partial charge in [0.15, 0.2) is 0 Å². The zero-order valence-electron chi connectivity index (χ0n) is 11.7. The van der Waals surface area contributed by atoms with Gasteiger partial charge in [0.2, 0.25) is 5.96 Å². The Labute approximate surface area is 125 Å². The molecule has 22 heavy (non-hydrogen) atoms. The molecule has 1 aromatic heterocycles. The van der Waals surface area contributed by atoms with Crippen LogP contribution in [0.2, 0.25) is 0 Å². The van der Waals surface area contributed by atoms with Gasteiger partial charge in [0.25, 0.3) is 0 Å². The maximum absolute atomic E-state index is 11.7. The molecule has 0 aliphatic rings. The second-order valence-electron chi connectivity index (χ2n) is 4.33. The maximum atomic E-state index is 11.7. The molecule has 0 unspecified atom stereocenters. The van der Waals surface area contributed by atoms with E-state index in [1.807, 2.05) is 0 Å². The van der Waals surface area contributed by atoms with Crippen molar-refractivity contribution in [1.29, 1.82) is 0 Å². The quantitative estimate of drug-likeness (QED) is 0.316. The molecule has 10 nitrogen and oxygen atoms in total. The van der Waals surface area contributed by atoms with Gasteiger partial charge in [0, 0.05) is 0 Å². The van der Waals surface area contributed by atoms with Crippen LogP contribution in [-0.4, -0.2) is 36.3 Å². The van der Waals surface area contributed by atoms with E-state index in [0.717, 1.165) is 11.0 Å². The van der Waals surface area contributed by atoms with E-state index in [4.69, 9.17) is 15.8 Å². The van der Waals surface area contributed by atoms with Crippen molar-refractivity contribution in [3.8, 4) is 0 Å². The van der Waals surface area contributed by atoms with Gasteiger partial charge in [-0.05, 0) is 30.3 Å². The van der Waals surface area contributed by atoms with Gasteiger partial charge in [0.1, 0.15) is 11.3 Å². The second kappa shape index (κ2) is 5.52. The number of hydrogen-bond acceptors (Lipinski definition) is 7. The molecule has 0 amide bonds. The highest BCUT2D eigenvalue weighted by molar-refractivity contribution is 7.86.